The summed E-state index contributed by atoms with van der Waals surface area (Å²) >= 11 is 0. The zero-order chi connectivity index (χ0) is 14.8. The van der Waals surface area contributed by atoms with Crippen molar-refractivity contribution in [3.8, 4) is 11.5 Å². The van der Waals surface area contributed by atoms with E-state index in [4.69, 9.17) is 9.47 Å². The molecule has 1 unspecified atom stereocenters. The van der Waals surface area contributed by atoms with Gasteiger partial charge in [0, 0.05) is 12.1 Å². The molecule has 2 aromatic rings. The minimum Gasteiger partial charge on any atom is -0.497 e. The topological polar surface area (TPSA) is 30.5 Å². The predicted molar refractivity (Wildman–Crippen MR) is 85.5 cm³/mol. The Labute approximate surface area is 125 Å². The molecule has 0 bridgehead atoms. The van der Waals surface area contributed by atoms with Crippen LogP contribution in [0.1, 0.15) is 16.7 Å². The van der Waals surface area contributed by atoms with E-state index in [1.165, 1.54) is 16.7 Å². The van der Waals surface area contributed by atoms with Gasteiger partial charge in [0.05, 0.1) is 13.7 Å². The normalized spacial score (nSPS) is 16.2. The van der Waals surface area contributed by atoms with Gasteiger partial charge < -0.3 is 14.8 Å². The summed E-state index contributed by atoms with van der Waals surface area (Å²) in [5.41, 5.74) is 4.91. The van der Waals surface area contributed by atoms with Crippen molar-refractivity contribution in [2.75, 3.05) is 19.0 Å². The third-order valence-electron chi connectivity index (χ3n) is 3.91. The zero-order valence-electron chi connectivity index (χ0n) is 12.8. The molecule has 21 heavy (non-hydrogen) atoms. The fourth-order valence-corrected chi connectivity index (χ4v) is 2.75. The van der Waals surface area contributed by atoms with Gasteiger partial charge in [0.1, 0.15) is 17.6 Å². The van der Waals surface area contributed by atoms with Crippen LogP contribution in [0.2, 0.25) is 0 Å². The van der Waals surface area contributed by atoms with E-state index in [1.807, 2.05) is 12.1 Å². The van der Waals surface area contributed by atoms with Crippen LogP contribution in [0.25, 0.3) is 0 Å². The Balaban J connectivity index is 1.62. The maximum Gasteiger partial charge on any atom is 0.123 e. The maximum atomic E-state index is 5.98. The van der Waals surface area contributed by atoms with Crippen molar-refractivity contribution < 1.29 is 9.47 Å². The first-order valence-electron chi connectivity index (χ1n) is 7.30. The number of aryl methyl sites for hydroxylation is 2. The van der Waals surface area contributed by atoms with Gasteiger partial charge in [-0.3, -0.25) is 0 Å². The van der Waals surface area contributed by atoms with Crippen LogP contribution in [0.15, 0.2) is 36.4 Å². The van der Waals surface area contributed by atoms with Crippen LogP contribution in [-0.4, -0.2) is 19.8 Å². The van der Waals surface area contributed by atoms with E-state index >= 15 is 0 Å². The van der Waals surface area contributed by atoms with Crippen molar-refractivity contribution >= 4 is 5.69 Å². The van der Waals surface area contributed by atoms with Gasteiger partial charge in [-0.25, -0.2) is 0 Å². The molecule has 3 heteroatoms. The van der Waals surface area contributed by atoms with Crippen molar-refractivity contribution in [3.63, 3.8) is 0 Å². The lowest BCUT2D eigenvalue weighted by Crippen LogP contribution is -2.24. The van der Waals surface area contributed by atoms with Gasteiger partial charge in [-0.1, -0.05) is 17.7 Å². The van der Waals surface area contributed by atoms with E-state index in [2.05, 4.69) is 43.4 Å². The zero-order valence-corrected chi connectivity index (χ0v) is 12.8. The molecule has 0 saturated carbocycles. The van der Waals surface area contributed by atoms with Crippen LogP contribution in [-0.2, 0) is 6.42 Å². The fourth-order valence-electron chi connectivity index (χ4n) is 2.75. The number of fused-ring (bicyclic) bond motifs is 1. The third-order valence-corrected chi connectivity index (χ3v) is 3.91. The lowest BCUT2D eigenvalue weighted by Gasteiger charge is -2.15. The van der Waals surface area contributed by atoms with E-state index in [9.17, 15) is 0 Å². The Kier molecular flexibility index (Phi) is 3.74. The molecule has 3 rings (SSSR count). The van der Waals surface area contributed by atoms with E-state index in [1.54, 1.807) is 7.11 Å². The Hall–Kier alpha value is -2.16. The molecule has 0 fully saturated rings. The first kappa shape index (κ1) is 13.8. The monoisotopic (exact) mass is 283 g/mol. The maximum absolute atomic E-state index is 5.98. The van der Waals surface area contributed by atoms with Gasteiger partial charge in [0.15, 0.2) is 0 Å². The molecule has 0 amide bonds. The smallest absolute Gasteiger partial charge is 0.123 e. The lowest BCUT2D eigenvalue weighted by molar-refractivity contribution is 0.246. The molecule has 0 saturated heterocycles. The summed E-state index contributed by atoms with van der Waals surface area (Å²) in [5, 5.41) is 3.48. The van der Waals surface area contributed by atoms with E-state index < -0.39 is 0 Å². The minimum atomic E-state index is 0.198. The standard InChI is InChI=1S/C18H21NO2/c1-12-4-7-18-14(8-12)10-16(21-18)11-19-17-6-5-15(20-3)9-13(17)2/h4-9,16,19H,10-11H2,1-3H3. The van der Waals surface area contributed by atoms with Crippen LogP contribution in [0.3, 0.4) is 0 Å². The van der Waals surface area contributed by atoms with Gasteiger partial charge in [-0.2, -0.15) is 0 Å². The summed E-state index contributed by atoms with van der Waals surface area (Å²) in [6.45, 7) is 5.01. The summed E-state index contributed by atoms with van der Waals surface area (Å²) in [4.78, 5) is 0. The van der Waals surface area contributed by atoms with Gasteiger partial charge >= 0.3 is 0 Å². The highest BCUT2D eigenvalue weighted by Crippen LogP contribution is 2.30. The van der Waals surface area contributed by atoms with E-state index in [0.29, 0.717) is 0 Å². The Bertz CT molecular complexity index is 652. The minimum absolute atomic E-state index is 0.198. The van der Waals surface area contributed by atoms with Gasteiger partial charge in [0.2, 0.25) is 0 Å². The summed E-state index contributed by atoms with van der Waals surface area (Å²) in [6.07, 6.45) is 1.17. The van der Waals surface area contributed by atoms with Crippen molar-refractivity contribution in [2.24, 2.45) is 0 Å². The molecule has 1 heterocycles. The second-order valence-corrected chi connectivity index (χ2v) is 5.62. The van der Waals surface area contributed by atoms with Crippen molar-refractivity contribution in [3.05, 3.63) is 53.1 Å². The molecule has 0 radical (unpaired) electrons. The summed E-state index contributed by atoms with van der Waals surface area (Å²) in [5.74, 6) is 1.91. The second-order valence-electron chi connectivity index (χ2n) is 5.62. The van der Waals surface area contributed by atoms with Crippen LogP contribution in [0.5, 0.6) is 11.5 Å². The van der Waals surface area contributed by atoms with Crippen LogP contribution in [0, 0.1) is 13.8 Å². The molecule has 0 spiro atoms. The molecule has 2 aromatic carbocycles. The number of benzene rings is 2. The fraction of sp³-hybridized carbons (Fsp3) is 0.333. The van der Waals surface area contributed by atoms with Crippen molar-refractivity contribution in [1.82, 2.24) is 0 Å². The van der Waals surface area contributed by atoms with Gasteiger partial charge in [0.25, 0.3) is 0 Å². The van der Waals surface area contributed by atoms with Gasteiger partial charge in [-0.05, 0) is 49.2 Å². The highest BCUT2D eigenvalue weighted by Gasteiger charge is 2.22. The molecule has 1 N–H and O–H groups in total. The molecule has 0 aliphatic carbocycles. The van der Waals surface area contributed by atoms with E-state index in [-0.39, 0.29) is 6.10 Å². The van der Waals surface area contributed by atoms with Crippen LogP contribution < -0.4 is 14.8 Å². The number of hydrogen-bond acceptors (Lipinski definition) is 3. The Morgan fingerprint density at radius 1 is 1.19 bits per heavy atom. The average molecular weight is 283 g/mol. The molecule has 1 aliphatic heterocycles. The molecule has 0 aromatic heterocycles. The quantitative estimate of drug-likeness (QED) is 0.927. The molecular formula is C18H21NO2. The first-order chi connectivity index (χ1) is 10.2. The number of ether oxygens (including phenoxy) is 2. The Morgan fingerprint density at radius 3 is 2.81 bits per heavy atom. The van der Waals surface area contributed by atoms with Crippen LogP contribution in [0.4, 0.5) is 5.69 Å². The Morgan fingerprint density at radius 2 is 2.05 bits per heavy atom. The van der Waals surface area contributed by atoms with Crippen molar-refractivity contribution in [2.45, 2.75) is 26.4 Å². The molecule has 110 valence electrons. The predicted octanol–water partition coefficient (Wildman–Crippen LogP) is 3.73. The number of methoxy groups -OCH3 is 1. The number of hydrogen-bond donors (Lipinski definition) is 1. The third kappa shape index (κ3) is 2.97. The largest absolute Gasteiger partial charge is 0.497 e. The van der Waals surface area contributed by atoms with Crippen LogP contribution >= 0.6 is 0 Å². The number of nitrogens with one attached hydrogen (secondary N) is 1. The highest BCUT2D eigenvalue weighted by molar-refractivity contribution is 5.54. The molecule has 3 nitrogen and oxygen atoms in total. The summed E-state index contributed by atoms with van der Waals surface area (Å²) in [6, 6.07) is 12.5. The highest BCUT2D eigenvalue weighted by atomic mass is 16.5. The SMILES string of the molecule is COc1ccc(NCC2Cc3cc(C)ccc3O2)c(C)c1. The second kappa shape index (κ2) is 5.68. The molecular weight excluding hydrogens is 262 g/mol. The summed E-state index contributed by atoms with van der Waals surface area (Å²) < 4.78 is 11.2. The van der Waals surface area contributed by atoms with Gasteiger partial charge in [-0.15, -0.1) is 0 Å². The lowest BCUT2D eigenvalue weighted by atomic mass is 10.1. The number of anilines is 1. The summed E-state index contributed by atoms with van der Waals surface area (Å²) in [7, 11) is 1.69. The molecule has 1 atom stereocenters. The number of rotatable bonds is 4. The first-order valence-corrected chi connectivity index (χ1v) is 7.30. The average Bonchev–Trinajstić information content (AvgIpc) is 2.87. The van der Waals surface area contributed by atoms with Crippen molar-refractivity contribution in [1.29, 1.82) is 0 Å². The molecule has 1 aliphatic rings. The van der Waals surface area contributed by atoms with E-state index in [0.717, 1.165) is 30.2 Å².